The number of anilines is 1. The minimum absolute atomic E-state index is 0. The number of ether oxygens (including phenoxy) is 1. The first-order valence-electron chi connectivity index (χ1n) is 7.28. The Morgan fingerprint density at radius 3 is 2.65 bits per heavy atom. The minimum atomic E-state index is -0.0946. The van der Waals surface area contributed by atoms with E-state index in [1.54, 1.807) is 0 Å². The number of carbonyl (C=O) groups excluding carboxylic acids is 1. The first kappa shape index (κ1) is 19.4. The fourth-order valence-corrected chi connectivity index (χ4v) is 2.70. The SMILES string of the molecule is CCOc1ccc(-c2csc(NC(=O)C(C)CNC)n2)cc1.Cl. The number of nitrogens with zero attached hydrogens (tertiary/aromatic N) is 1. The highest BCUT2D eigenvalue weighted by Crippen LogP contribution is 2.26. The maximum Gasteiger partial charge on any atom is 0.230 e. The van der Waals surface area contributed by atoms with E-state index in [1.165, 1.54) is 11.3 Å². The van der Waals surface area contributed by atoms with E-state index in [-0.39, 0.29) is 24.2 Å². The summed E-state index contributed by atoms with van der Waals surface area (Å²) in [6.07, 6.45) is 0. The van der Waals surface area contributed by atoms with Crippen molar-refractivity contribution in [2.45, 2.75) is 13.8 Å². The highest BCUT2D eigenvalue weighted by Gasteiger charge is 2.14. The Balaban J connectivity index is 0.00000264. The third-order valence-electron chi connectivity index (χ3n) is 3.15. The molecule has 7 heteroatoms. The largest absolute Gasteiger partial charge is 0.494 e. The van der Waals surface area contributed by atoms with Gasteiger partial charge >= 0.3 is 0 Å². The molecular formula is C16H22ClN3O2S. The monoisotopic (exact) mass is 355 g/mol. The second-order valence-corrected chi connectivity index (χ2v) is 5.80. The Bertz CT molecular complexity index is 616. The molecule has 23 heavy (non-hydrogen) atoms. The highest BCUT2D eigenvalue weighted by atomic mass is 35.5. The molecule has 2 N–H and O–H groups in total. The number of halogens is 1. The number of hydrogen-bond acceptors (Lipinski definition) is 5. The van der Waals surface area contributed by atoms with E-state index < -0.39 is 0 Å². The molecule has 0 spiro atoms. The van der Waals surface area contributed by atoms with E-state index >= 15 is 0 Å². The van der Waals surface area contributed by atoms with Crippen LogP contribution in [0, 0.1) is 5.92 Å². The second-order valence-electron chi connectivity index (χ2n) is 4.94. The van der Waals surface area contributed by atoms with Crippen molar-refractivity contribution in [3.63, 3.8) is 0 Å². The first-order chi connectivity index (χ1) is 10.6. The van der Waals surface area contributed by atoms with Crippen molar-refractivity contribution in [2.24, 2.45) is 5.92 Å². The summed E-state index contributed by atoms with van der Waals surface area (Å²) < 4.78 is 5.42. The first-order valence-corrected chi connectivity index (χ1v) is 8.16. The normalized spacial score (nSPS) is 11.4. The smallest absolute Gasteiger partial charge is 0.230 e. The highest BCUT2D eigenvalue weighted by molar-refractivity contribution is 7.14. The molecule has 1 heterocycles. The number of thiazole rings is 1. The number of amides is 1. The van der Waals surface area contributed by atoms with Gasteiger partial charge < -0.3 is 15.4 Å². The molecule has 0 saturated carbocycles. The minimum Gasteiger partial charge on any atom is -0.494 e. The zero-order valence-corrected chi connectivity index (χ0v) is 15.1. The number of hydrogen-bond donors (Lipinski definition) is 2. The summed E-state index contributed by atoms with van der Waals surface area (Å²) in [7, 11) is 1.83. The molecule has 1 unspecified atom stereocenters. The summed E-state index contributed by atoms with van der Waals surface area (Å²) in [4.78, 5) is 16.4. The molecule has 2 aromatic rings. The number of rotatable bonds is 7. The molecule has 0 aliphatic rings. The molecule has 0 fully saturated rings. The number of aromatic nitrogens is 1. The summed E-state index contributed by atoms with van der Waals surface area (Å²) in [5.74, 6) is 0.723. The second kappa shape index (κ2) is 9.50. The predicted octanol–water partition coefficient (Wildman–Crippen LogP) is 3.42. The predicted molar refractivity (Wildman–Crippen MR) is 97.7 cm³/mol. The average Bonchev–Trinajstić information content (AvgIpc) is 2.97. The van der Waals surface area contributed by atoms with Crippen LogP contribution in [-0.2, 0) is 4.79 Å². The fourth-order valence-electron chi connectivity index (χ4n) is 1.98. The van der Waals surface area contributed by atoms with Gasteiger partial charge in [0, 0.05) is 23.4 Å². The van der Waals surface area contributed by atoms with Crippen molar-refractivity contribution >= 4 is 34.8 Å². The van der Waals surface area contributed by atoms with Crippen LogP contribution in [0.25, 0.3) is 11.3 Å². The molecule has 1 amide bonds. The molecular weight excluding hydrogens is 334 g/mol. The molecule has 2 rings (SSSR count). The average molecular weight is 356 g/mol. The molecule has 1 atom stereocenters. The van der Waals surface area contributed by atoms with Gasteiger partial charge in [0.25, 0.3) is 0 Å². The summed E-state index contributed by atoms with van der Waals surface area (Å²) in [6.45, 7) is 5.13. The van der Waals surface area contributed by atoms with E-state index in [1.807, 2.05) is 50.5 Å². The number of nitrogens with one attached hydrogen (secondary N) is 2. The molecule has 1 aromatic carbocycles. The molecule has 1 aromatic heterocycles. The van der Waals surface area contributed by atoms with Crippen LogP contribution < -0.4 is 15.4 Å². The van der Waals surface area contributed by atoms with Gasteiger partial charge in [0.15, 0.2) is 5.13 Å². The molecule has 0 aliphatic heterocycles. The molecule has 0 saturated heterocycles. The molecule has 0 aliphatic carbocycles. The summed E-state index contributed by atoms with van der Waals surface area (Å²) in [5, 5.41) is 8.40. The van der Waals surface area contributed by atoms with Gasteiger partial charge in [-0.25, -0.2) is 4.98 Å². The van der Waals surface area contributed by atoms with Crippen molar-refractivity contribution in [1.29, 1.82) is 0 Å². The van der Waals surface area contributed by atoms with Crippen LogP contribution in [0.15, 0.2) is 29.6 Å². The van der Waals surface area contributed by atoms with Crippen LogP contribution in [0.3, 0.4) is 0 Å². The van der Waals surface area contributed by atoms with E-state index in [0.29, 0.717) is 18.3 Å². The van der Waals surface area contributed by atoms with Crippen LogP contribution in [0.1, 0.15) is 13.8 Å². The van der Waals surface area contributed by atoms with Crippen molar-refractivity contribution in [3.8, 4) is 17.0 Å². The molecule has 0 radical (unpaired) electrons. The lowest BCUT2D eigenvalue weighted by molar-refractivity contribution is -0.119. The maximum absolute atomic E-state index is 12.0. The Morgan fingerprint density at radius 1 is 1.35 bits per heavy atom. The lowest BCUT2D eigenvalue weighted by atomic mass is 10.1. The Morgan fingerprint density at radius 2 is 2.04 bits per heavy atom. The Hall–Kier alpha value is -1.63. The molecule has 5 nitrogen and oxygen atoms in total. The van der Waals surface area contributed by atoms with Crippen LogP contribution in [0.5, 0.6) is 5.75 Å². The third-order valence-corrected chi connectivity index (χ3v) is 3.91. The lowest BCUT2D eigenvalue weighted by Gasteiger charge is -2.09. The van der Waals surface area contributed by atoms with Gasteiger partial charge in [0.1, 0.15) is 5.75 Å². The number of carbonyl (C=O) groups is 1. The molecule has 0 bridgehead atoms. The van der Waals surface area contributed by atoms with Crippen molar-refractivity contribution in [2.75, 3.05) is 25.5 Å². The van der Waals surface area contributed by atoms with Gasteiger partial charge in [-0.1, -0.05) is 6.92 Å². The standard InChI is InChI=1S/C16H21N3O2S.ClH/c1-4-21-13-7-5-12(6-8-13)14-10-22-16(18-14)19-15(20)11(2)9-17-3;/h5-8,10-11,17H,4,9H2,1-3H3,(H,18,19,20);1H. The van der Waals surface area contributed by atoms with Crippen LogP contribution >= 0.6 is 23.7 Å². The number of benzene rings is 1. The van der Waals surface area contributed by atoms with Gasteiger partial charge in [-0.15, -0.1) is 23.7 Å². The van der Waals surface area contributed by atoms with Crippen molar-refractivity contribution < 1.29 is 9.53 Å². The van der Waals surface area contributed by atoms with E-state index in [0.717, 1.165) is 17.0 Å². The van der Waals surface area contributed by atoms with Gasteiger partial charge in [-0.05, 0) is 38.2 Å². The summed E-state index contributed by atoms with van der Waals surface area (Å²) in [6, 6.07) is 7.78. The van der Waals surface area contributed by atoms with Crippen molar-refractivity contribution in [1.82, 2.24) is 10.3 Å². The summed E-state index contributed by atoms with van der Waals surface area (Å²) in [5.41, 5.74) is 1.85. The van der Waals surface area contributed by atoms with Crippen LogP contribution in [0.2, 0.25) is 0 Å². The topological polar surface area (TPSA) is 63.2 Å². The van der Waals surface area contributed by atoms with Crippen LogP contribution in [-0.4, -0.2) is 31.1 Å². The molecule has 126 valence electrons. The van der Waals surface area contributed by atoms with E-state index in [9.17, 15) is 4.79 Å². The maximum atomic E-state index is 12.0. The zero-order valence-electron chi connectivity index (χ0n) is 13.5. The van der Waals surface area contributed by atoms with E-state index in [4.69, 9.17) is 4.74 Å². The fraction of sp³-hybridized carbons (Fsp3) is 0.375. The quantitative estimate of drug-likeness (QED) is 0.798. The Labute approximate surface area is 146 Å². The zero-order chi connectivity index (χ0) is 15.9. The third kappa shape index (κ3) is 5.49. The van der Waals surface area contributed by atoms with Crippen molar-refractivity contribution in [3.05, 3.63) is 29.6 Å². The Kier molecular flexibility index (Phi) is 8.02. The van der Waals surface area contributed by atoms with E-state index in [2.05, 4.69) is 15.6 Å². The van der Waals surface area contributed by atoms with Gasteiger partial charge in [0.05, 0.1) is 12.3 Å². The van der Waals surface area contributed by atoms with Gasteiger partial charge in [-0.3, -0.25) is 4.79 Å². The lowest BCUT2D eigenvalue weighted by Crippen LogP contribution is -2.28. The van der Waals surface area contributed by atoms with Gasteiger partial charge in [-0.2, -0.15) is 0 Å². The van der Waals surface area contributed by atoms with Crippen LogP contribution in [0.4, 0.5) is 5.13 Å². The van der Waals surface area contributed by atoms with Gasteiger partial charge in [0.2, 0.25) is 5.91 Å². The summed E-state index contributed by atoms with van der Waals surface area (Å²) >= 11 is 1.43.